The molecule has 0 spiro atoms. The molecule has 2 atom stereocenters. The second-order valence-electron chi connectivity index (χ2n) is 4.02. The van der Waals surface area contributed by atoms with E-state index in [1.54, 1.807) is 0 Å². The van der Waals surface area contributed by atoms with Crippen LogP contribution in [-0.2, 0) is 6.54 Å². The standard InChI is InChI=1S/C11H18N2S/c12-10-5-1-2-6-11(10)13-8-9-4-3-7-14-9/h3-4,7,10-11,13H,1-2,5-6,8,12H2. The summed E-state index contributed by atoms with van der Waals surface area (Å²) in [5.41, 5.74) is 6.06. The van der Waals surface area contributed by atoms with E-state index in [1.807, 2.05) is 11.3 Å². The third kappa shape index (κ3) is 2.56. The Morgan fingerprint density at radius 3 is 3.00 bits per heavy atom. The molecular weight excluding hydrogens is 192 g/mol. The predicted molar refractivity (Wildman–Crippen MR) is 61.4 cm³/mol. The molecule has 1 aromatic heterocycles. The number of rotatable bonds is 3. The first-order valence-corrected chi connectivity index (χ1v) is 6.25. The van der Waals surface area contributed by atoms with Gasteiger partial charge in [0.2, 0.25) is 0 Å². The minimum atomic E-state index is 0.365. The monoisotopic (exact) mass is 210 g/mol. The fourth-order valence-corrected chi connectivity index (χ4v) is 2.71. The Bertz CT molecular complexity index is 258. The molecule has 1 fully saturated rings. The largest absolute Gasteiger partial charge is 0.326 e. The molecule has 3 N–H and O–H groups in total. The SMILES string of the molecule is NC1CCCCC1NCc1cccs1. The first kappa shape index (κ1) is 10.1. The van der Waals surface area contributed by atoms with Crippen molar-refractivity contribution in [2.45, 2.75) is 44.3 Å². The summed E-state index contributed by atoms with van der Waals surface area (Å²) in [5.74, 6) is 0. The molecular formula is C11H18N2S. The molecule has 0 aromatic carbocycles. The highest BCUT2D eigenvalue weighted by Gasteiger charge is 2.20. The molecule has 0 amide bonds. The molecule has 0 aliphatic heterocycles. The Morgan fingerprint density at radius 1 is 1.43 bits per heavy atom. The third-order valence-electron chi connectivity index (χ3n) is 2.94. The number of nitrogens with two attached hydrogens (primary N) is 1. The molecule has 2 rings (SSSR count). The molecule has 2 unspecified atom stereocenters. The normalized spacial score (nSPS) is 27.8. The average molecular weight is 210 g/mol. The molecule has 1 aliphatic carbocycles. The Morgan fingerprint density at radius 2 is 2.29 bits per heavy atom. The lowest BCUT2D eigenvalue weighted by Crippen LogP contribution is -2.46. The molecule has 1 saturated carbocycles. The summed E-state index contributed by atoms with van der Waals surface area (Å²) >= 11 is 1.81. The van der Waals surface area contributed by atoms with Gasteiger partial charge in [0.15, 0.2) is 0 Å². The van der Waals surface area contributed by atoms with Crippen molar-refractivity contribution in [3.63, 3.8) is 0 Å². The lowest BCUT2D eigenvalue weighted by Gasteiger charge is -2.29. The highest BCUT2D eigenvalue weighted by Crippen LogP contribution is 2.17. The van der Waals surface area contributed by atoms with Crippen LogP contribution in [0, 0.1) is 0 Å². The van der Waals surface area contributed by atoms with Crippen LogP contribution in [0.15, 0.2) is 17.5 Å². The van der Waals surface area contributed by atoms with Gasteiger partial charge in [0, 0.05) is 23.5 Å². The lowest BCUT2D eigenvalue weighted by atomic mass is 9.91. The molecule has 0 bridgehead atoms. The van der Waals surface area contributed by atoms with Crippen molar-refractivity contribution < 1.29 is 0 Å². The average Bonchev–Trinajstić information content (AvgIpc) is 2.69. The molecule has 78 valence electrons. The topological polar surface area (TPSA) is 38.0 Å². The van der Waals surface area contributed by atoms with Crippen molar-refractivity contribution >= 4 is 11.3 Å². The van der Waals surface area contributed by atoms with Crippen molar-refractivity contribution in [1.29, 1.82) is 0 Å². The summed E-state index contributed by atoms with van der Waals surface area (Å²) < 4.78 is 0. The summed E-state index contributed by atoms with van der Waals surface area (Å²) in [6.45, 7) is 0.982. The van der Waals surface area contributed by atoms with Gasteiger partial charge in [-0.25, -0.2) is 0 Å². The van der Waals surface area contributed by atoms with Gasteiger partial charge in [0.1, 0.15) is 0 Å². The zero-order chi connectivity index (χ0) is 9.80. The van der Waals surface area contributed by atoms with E-state index in [4.69, 9.17) is 5.73 Å². The van der Waals surface area contributed by atoms with Crippen LogP contribution in [0.4, 0.5) is 0 Å². The van der Waals surface area contributed by atoms with Gasteiger partial charge in [-0.2, -0.15) is 0 Å². The van der Waals surface area contributed by atoms with Crippen LogP contribution in [0.1, 0.15) is 30.6 Å². The van der Waals surface area contributed by atoms with Gasteiger partial charge in [-0.1, -0.05) is 18.9 Å². The van der Waals surface area contributed by atoms with Crippen molar-refractivity contribution in [3.8, 4) is 0 Å². The highest BCUT2D eigenvalue weighted by molar-refractivity contribution is 7.09. The maximum Gasteiger partial charge on any atom is 0.0302 e. The first-order chi connectivity index (χ1) is 6.86. The molecule has 2 nitrogen and oxygen atoms in total. The van der Waals surface area contributed by atoms with Gasteiger partial charge >= 0.3 is 0 Å². The minimum absolute atomic E-state index is 0.365. The maximum absolute atomic E-state index is 6.06. The van der Waals surface area contributed by atoms with Gasteiger partial charge in [-0.15, -0.1) is 11.3 Å². The Balaban J connectivity index is 1.79. The Labute approximate surface area is 89.5 Å². The minimum Gasteiger partial charge on any atom is -0.326 e. The van der Waals surface area contributed by atoms with Gasteiger partial charge in [-0.05, 0) is 24.3 Å². The van der Waals surface area contributed by atoms with Gasteiger partial charge in [0.05, 0.1) is 0 Å². The Kier molecular flexibility index (Phi) is 3.56. The van der Waals surface area contributed by atoms with Crippen molar-refractivity contribution in [1.82, 2.24) is 5.32 Å². The molecule has 1 heterocycles. The summed E-state index contributed by atoms with van der Waals surface area (Å²) in [5, 5.41) is 5.68. The summed E-state index contributed by atoms with van der Waals surface area (Å²) in [6.07, 6.45) is 5.06. The van der Waals surface area contributed by atoms with Gasteiger partial charge < -0.3 is 11.1 Å². The van der Waals surface area contributed by atoms with E-state index < -0.39 is 0 Å². The van der Waals surface area contributed by atoms with Crippen LogP contribution in [0.3, 0.4) is 0 Å². The highest BCUT2D eigenvalue weighted by atomic mass is 32.1. The van der Waals surface area contributed by atoms with Crippen LogP contribution < -0.4 is 11.1 Å². The van der Waals surface area contributed by atoms with Crippen LogP contribution in [0.25, 0.3) is 0 Å². The zero-order valence-electron chi connectivity index (χ0n) is 8.41. The van der Waals surface area contributed by atoms with E-state index in [9.17, 15) is 0 Å². The lowest BCUT2D eigenvalue weighted by molar-refractivity contribution is 0.327. The number of nitrogens with one attached hydrogen (secondary N) is 1. The summed E-state index contributed by atoms with van der Waals surface area (Å²) in [6, 6.07) is 5.17. The molecule has 1 aliphatic rings. The van der Waals surface area contributed by atoms with Crippen molar-refractivity contribution in [3.05, 3.63) is 22.4 Å². The van der Waals surface area contributed by atoms with Crippen LogP contribution in [-0.4, -0.2) is 12.1 Å². The molecule has 0 radical (unpaired) electrons. The number of hydrogen-bond donors (Lipinski definition) is 2. The van der Waals surface area contributed by atoms with Crippen molar-refractivity contribution in [2.24, 2.45) is 5.73 Å². The zero-order valence-corrected chi connectivity index (χ0v) is 9.22. The third-order valence-corrected chi connectivity index (χ3v) is 3.81. The first-order valence-electron chi connectivity index (χ1n) is 5.37. The second kappa shape index (κ2) is 4.91. The number of thiophene rings is 1. The van der Waals surface area contributed by atoms with E-state index in [2.05, 4.69) is 22.8 Å². The van der Waals surface area contributed by atoms with E-state index in [0.717, 1.165) is 6.54 Å². The number of hydrogen-bond acceptors (Lipinski definition) is 3. The predicted octanol–water partition coefficient (Wildman–Crippen LogP) is 2.11. The van der Waals surface area contributed by atoms with E-state index in [1.165, 1.54) is 30.6 Å². The van der Waals surface area contributed by atoms with Gasteiger partial charge in [-0.3, -0.25) is 0 Å². The van der Waals surface area contributed by atoms with E-state index >= 15 is 0 Å². The van der Waals surface area contributed by atoms with Crippen LogP contribution in [0.2, 0.25) is 0 Å². The van der Waals surface area contributed by atoms with E-state index in [-0.39, 0.29) is 0 Å². The fourth-order valence-electron chi connectivity index (χ4n) is 2.06. The van der Waals surface area contributed by atoms with Crippen LogP contribution >= 0.6 is 11.3 Å². The molecule has 0 saturated heterocycles. The van der Waals surface area contributed by atoms with Crippen molar-refractivity contribution in [2.75, 3.05) is 0 Å². The smallest absolute Gasteiger partial charge is 0.0302 e. The fraction of sp³-hybridized carbons (Fsp3) is 0.636. The molecule has 1 aromatic rings. The maximum atomic E-state index is 6.06. The summed E-state index contributed by atoms with van der Waals surface area (Å²) in [7, 11) is 0. The molecule has 14 heavy (non-hydrogen) atoms. The van der Waals surface area contributed by atoms with Crippen LogP contribution in [0.5, 0.6) is 0 Å². The second-order valence-corrected chi connectivity index (χ2v) is 5.05. The van der Waals surface area contributed by atoms with E-state index in [0.29, 0.717) is 12.1 Å². The Hall–Kier alpha value is -0.380. The van der Waals surface area contributed by atoms with Gasteiger partial charge in [0.25, 0.3) is 0 Å². The summed E-state index contributed by atoms with van der Waals surface area (Å²) in [4.78, 5) is 1.41. The quantitative estimate of drug-likeness (QED) is 0.802. The molecule has 3 heteroatoms.